The van der Waals surface area contributed by atoms with E-state index >= 15 is 0 Å². The molecule has 1 fully saturated rings. The van der Waals surface area contributed by atoms with Crippen LogP contribution in [0.15, 0.2) is 24.3 Å². The van der Waals surface area contributed by atoms with Crippen LogP contribution >= 0.6 is 0 Å². The molecule has 2 aliphatic rings. The highest BCUT2D eigenvalue weighted by Gasteiger charge is 2.33. The molecule has 2 heteroatoms. The Morgan fingerprint density at radius 2 is 1.64 bits per heavy atom. The SMILES string of the molecule is NC1CC(N2Cc3ccccc3C2)C1. The van der Waals surface area contributed by atoms with Crippen molar-refractivity contribution in [3.05, 3.63) is 35.4 Å². The van der Waals surface area contributed by atoms with Crippen LogP contribution in [0.2, 0.25) is 0 Å². The standard InChI is InChI=1S/C12H16N2/c13-11-5-12(6-11)14-7-9-3-1-2-4-10(9)8-14/h1-4,11-12H,5-8,13H2. The monoisotopic (exact) mass is 188 g/mol. The Morgan fingerprint density at radius 3 is 2.14 bits per heavy atom. The Balaban J connectivity index is 1.73. The number of nitrogens with two attached hydrogens (primary N) is 1. The molecule has 14 heavy (non-hydrogen) atoms. The lowest BCUT2D eigenvalue weighted by molar-refractivity contribution is 0.109. The second kappa shape index (κ2) is 3.07. The van der Waals surface area contributed by atoms with Crippen molar-refractivity contribution in [2.75, 3.05) is 0 Å². The van der Waals surface area contributed by atoms with E-state index in [0.717, 1.165) is 19.1 Å². The van der Waals surface area contributed by atoms with Gasteiger partial charge in [-0.05, 0) is 24.0 Å². The van der Waals surface area contributed by atoms with Crippen molar-refractivity contribution in [3.8, 4) is 0 Å². The molecule has 0 unspecified atom stereocenters. The molecule has 1 aromatic rings. The molecule has 1 heterocycles. The molecule has 0 spiro atoms. The Morgan fingerprint density at radius 1 is 1.07 bits per heavy atom. The van der Waals surface area contributed by atoms with Crippen molar-refractivity contribution >= 4 is 0 Å². The predicted octanol–water partition coefficient (Wildman–Crippen LogP) is 1.49. The van der Waals surface area contributed by atoms with E-state index in [0.29, 0.717) is 6.04 Å². The molecule has 3 rings (SSSR count). The molecule has 0 saturated heterocycles. The van der Waals surface area contributed by atoms with Crippen LogP contribution in [-0.2, 0) is 13.1 Å². The Labute approximate surface area is 84.7 Å². The van der Waals surface area contributed by atoms with Crippen molar-refractivity contribution in [1.29, 1.82) is 0 Å². The zero-order valence-corrected chi connectivity index (χ0v) is 8.32. The van der Waals surface area contributed by atoms with E-state index in [4.69, 9.17) is 5.73 Å². The minimum absolute atomic E-state index is 0.462. The summed E-state index contributed by atoms with van der Waals surface area (Å²) in [5.74, 6) is 0. The molecule has 2 N–H and O–H groups in total. The van der Waals surface area contributed by atoms with Gasteiger partial charge in [0.1, 0.15) is 0 Å². The average Bonchev–Trinajstić information content (AvgIpc) is 2.55. The summed E-state index contributed by atoms with van der Waals surface area (Å²) in [5.41, 5.74) is 8.83. The lowest BCUT2D eigenvalue weighted by atomic mass is 9.86. The van der Waals surface area contributed by atoms with Crippen LogP contribution in [0.4, 0.5) is 0 Å². The highest BCUT2D eigenvalue weighted by atomic mass is 15.2. The number of nitrogens with zero attached hydrogens (tertiary/aromatic N) is 1. The quantitative estimate of drug-likeness (QED) is 0.723. The van der Waals surface area contributed by atoms with Gasteiger partial charge >= 0.3 is 0 Å². The van der Waals surface area contributed by atoms with E-state index < -0.39 is 0 Å². The van der Waals surface area contributed by atoms with Gasteiger partial charge in [-0.3, -0.25) is 4.90 Å². The summed E-state index contributed by atoms with van der Waals surface area (Å²) in [7, 11) is 0. The zero-order chi connectivity index (χ0) is 9.54. The van der Waals surface area contributed by atoms with Crippen LogP contribution in [0, 0.1) is 0 Å². The highest BCUT2D eigenvalue weighted by Crippen LogP contribution is 2.31. The first-order valence-corrected chi connectivity index (χ1v) is 5.39. The van der Waals surface area contributed by atoms with Gasteiger partial charge in [0.05, 0.1) is 0 Å². The Bertz CT molecular complexity index is 317. The topological polar surface area (TPSA) is 29.3 Å². The molecule has 0 bridgehead atoms. The third-order valence-corrected chi connectivity index (χ3v) is 3.53. The first kappa shape index (κ1) is 8.45. The maximum Gasteiger partial charge on any atom is 0.0243 e. The number of hydrogen-bond acceptors (Lipinski definition) is 2. The second-order valence-electron chi connectivity index (χ2n) is 4.56. The van der Waals surface area contributed by atoms with Gasteiger partial charge in [0.15, 0.2) is 0 Å². The van der Waals surface area contributed by atoms with Gasteiger partial charge < -0.3 is 5.73 Å². The van der Waals surface area contributed by atoms with Crippen LogP contribution in [0.1, 0.15) is 24.0 Å². The van der Waals surface area contributed by atoms with E-state index in [1.165, 1.54) is 24.0 Å². The zero-order valence-electron chi connectivity index (χ0n) is 8.32. The van der Waals surface area contributed by atoms with Gasteiger partial charge in [-0.25, -0.2) is 0 Å². The second-order valence-corrected chi connectivity index (χ2v) is 4.56. The first-order chi connectivity index (χ1) is 6.83. The molecular weight excluding hydrogens is 172 g/mol. The molecule has 74 valence electrons. The van der Waals surface area contributed by atoms with Crippen molar-refractivity contribution < 1.29 is 0 Å². The van der Waals surface area contributed by atoms with Gasteiger partial charge in [-0.1, -0.05) is 24.3 Å². The molecule has 0 radical (unpaired) electrons. The maximum atomic E-state index is 5.81. The lowest BCUT2D eigenvalue weighted by Crippen LogP contribution is -2.48. The smallest absolute Gasteiger partial charge is 0.0243 e. The third-order valence-electron chi connectivity index (χ3n) is 3.53. The number of hydrogen-bond donors (Lipinski definition) is 1. The molecule has 2 nitrogen and oxygen atoms in total. The van der Waals surface area contributed by atoms with Gasteiger partial charge in [0.25, 0.3) is 0 Å². The maximum absolute atomic E-state index is 5.81. The minimum Gasteiger partial charge on any atom is -0.328 e. The Kier molecular flexibility index (Phi) is 1.85. The largest absolute Gasteiger partial charge is 0.328 e. The summed E-state index contributed by atoms with van der Waals surface area (Å²) in [6.07, 6.45) is 2.38. The van der Waals surface area contributed by atoms with E-state index in [9.17, 15) is 0 Å². The fourth-order valence-corrected chi connectivity index (χ4v) is 2.55. The molecular formula is C12H16N2. The van der Waals surface area contributed by atoms with Crippen LogP contribution in [0.25, 0.3) is 0 Å². The summed E-state index contributed by atoms with van der Waals surface area (Å²) in [4.78, 5) is 2.56. The van der Waals surface area contributed by atoms with E-state index in [1.807, 2.05) is 0 Å². The fourth-order valence-electron chi connectivity index (χ4n) is 2.55. The van der Waals surface area contributed by atoms with Crippen molar-refractivity contribution in [2.45, 2.75) is 38.0 Å². The third kappa shape index (κ3) is 1.26. The van der Waals surface area contributed by atoms with Gasteiger partial charge in [0.2, 0.25) is 0 Å². The van der Waals surface area contributed by atoms with Crippen LogP contribution in [0.3, 0.4) is 0 Å². The first-order valence-electron chi connectivity index (χ1n) is 5.39. The van der Waals surface area contributed by atoms with Gasteiger partial charge in [-0.2, -0.15) is 0 Å². The highest BCUT2D eigenvalue weighted by molar-refractivity contribution is 5.30. The average molecular weight is 188 g/mol. The Hall–Kier alpha value is -0.860. The summed E-state index contributed by atoms with van der Waals surface area (Å²) in [6, 6.07) is 9.96. The summed E-state index contributed by atoms with van der Waals surface area (Å²) >= 11 is 0. The minimum atomic E-state index is 0.462. The lowest BCUT2D eigenvalue weighted by Gasteiger charge is -2.39. The van der Waals surface area contributed by atoms with Crippen molar-refractivity contribution in [3.63, 3.8) is 0 Å². The summed E-state index contributed by atoms with van der Waals surface area (Å²) in [6.45, 7) is 2.26. The van der Waals surface area contributed by atoms with E-state index in [2.05, 4.69) is 29.2 Å². The van der Waals surface area contributed by atoms with Crippen LogP contribution < -0.4 is 5.73 Å². The van der Waals surface area contributed by atoms with Gasteiger partial charge in [0, 0.05) is 25.2 Å². The normalized spacial score (nSPS) is 31.2. The summed E-state index contributed by atoms with van der Waals surface area (Å²) in [5, 5.41) is 0. The van der Waals surface area contributed by atoms with Gasteiger partial charge in [-0.15, -0.1) is 0 Å². The summed E-state index contributed by atoms with van der Waals surface area (Å²) < 4.78 is 0. The predicted molar refractivity (Wildman–Crippen MR) is 56.7 cm³/mol. The molecule has 1 aliphatic heterocycles. The molecule has 0 amide bonds. The fraction of sp³-hybridized carbons (Fsp3) is 0.500. The molecule has 1 aliphatic carbocycles. The van der Waals surface area contributed by atoms with Crippen molar-refractivity contribution in [1.82, 2.24) is 4.90 Å². The van der Waals surface area contributed by atoms with E-state index in [1.54, 1.807) is 0 Å². The number of benzene rings is 1. The molecule has 0 aromatic heterocycles. The van der Waals surface area contributed by atoms with Crippen molar-refractivity contribution in [2.24, 2.45) is 5.73 Å². The number of rotatable bonds is 1. The van der Waals surface area contributed by atoms with E-state index in [-0.39, 0.29) is 0 Å². The van der Waals surface area contributed by atoms with Crippen LogP contribution in [-0.4, -0.2) is 17.0 Å². The number of fused-ring (bicyclic) bond motifs is 1. The van der Waals surface area contributed by atoms with Crippen LogP contribution in [0.5, 0.6) is 0 Å². The molecule has 1 saturated carbocycles. The molecule has 1 aromatic carbocycles. The molecule has 0 atom stereocenters.